The van der Waals surface area contributed by atoms with Gasteiger partial charge in [0.2, 0.25) is 0 Å². The van der Waals surface area contributed by atoms with E-state index in [9.17, 15) is 15.0 Å². The number of aromatic nitrogens is 1. The van der Waals surface area contributed by atoms with Gasteiger partial charge in [-0.05, 0) is 100.0 Å². The third kappa shape index (κ3) is 5.82. The molecule has 2 aromatic carbocycles. The van der Waals surface area contributed by atoms with Crippen LogP contribution in [0.15, 0.2) is 54.7 Å². The molecular weight excluding hydrogens is 440 g/mol. The molecule has 3 aromatic rings. The van der Waals surface area contributed by atoms with Gasteiger partial charge < -0.3 is 19.8 Å². The van der Waals surface area contributed by atoms with E-state index < -0.39 is 17.5 Å². The summed E-state index contributed by atoms with van der Waals surface area (Å²) in [7, 11) is 1.62. The van der Waals surface area contributed by atoms with E-state index in [1.807, 2.05) is 31.2 Å². The Bertz CT molecular complexity index is 1140. The molecular formula is C29H36N2O4. The number of ether oxygens (including phenoxy) is 1. The number of methoxy groups -OCH3 is 1. The first-order valence-corrected chi connectivity index (χ1v) is 12.5. The Balaban J connectivity index is 1.38. The average Bonchev–Trinajstić information content (AvgIpc) is 2.88. The van der Waals surface area contributed by atoms with E-state index in [-0.39, 0.29) is 0 Å². The van der Waals surface area contributed by atoms with Crippen molar-refractivity contribution < 1.29 is 19.7 Å². The number of benzene rings is 2. The number of nitrogens with zero attached hydrogens (tertiary/aromatic N) is 2. The summed E-state index contributed by atoms with van der Waals surface area (Å²) in [5.41, 5.74) is 3.06. The van der Waals surface area contributed by atoms with Gasteiger partial charge in [0.1, 0.15) is 5.75 Å². The summed E-state index contributed by atoms with van der Waals surface area (Å²) in [5.74, 6) is -0.0356. The topological polar surface area (TPSA) is 82.9 Å². The van der Waals surface area contributed by atoms with Gasteiger partial charge in [-0.1, -0.05) is 30.3 Å². The van der Waals surface area contributed by atoms with Crippen LogP contribution in [0.3, 0.4) is 0 Å². The smallest absolute Gasteiger partial charge is 0.309 e. The number of carboxylic acids is 1. The molecule has 1 aliphatic rings. The number of aliphatic hydroxyl groups is 1. The first kappa shape index (κ1) is 25.1. The Hall–Kier alpha value is -2.96. The summed E-state index contributed by atoms with van der Waals surface area (Å²) in [5, 5.41) is 22.2. The third-order valence-electron chi connectivity index (χ3n) is 7.60. The lowest BCUT2D eigenvalue weighted by molar-refractivity contribution is -0.153. The number of aliphatic carboxylic acids is 1. The predicted octanol–water partition coefficient (Wildman–Crippen LogP) is 5.17. The second kappa shape index (κ2) is 11.2. The van der Waals surface area contributed by atoms with Gasteiger partial charge in [-0.25, -0.2) is 0 Å². The zero-order valence-electron chi connectivity index (χ0n) is 20.7. The lowest BCUT2D eigenvalue weighted by atomic mass is 9.73. The summed E-state index contributed by atoms with van der Waals surface area (Å²) in [6.07, 6.45) is 5.21. The summed E-state index contributed by atoms with van der Waals surface area (Å²) in [6, 6.07) is 16.1. The van der Waals surface area contributed by atoms with Crippen LogP contribution in [0.1, 0.15) is 54.9 Å². The number of hydrogen-bond donors (Lipinski definition) is 2. The highest BCUT2D eigenvalue weighted by Gasteiger charge is 2.41. The molecule has 1 aromatic heterocycles. The zero-order valence-corrected chi connectivity index (χ0v) is 20.7. The molecule has 1 fully saturated rings. The molecule has 0 spiro atoms. The second-order valence-electron chi connectivity index (χ2n) is 9.81. The van der Waals surface area contributed by atoms with Crippen LogP contribution in [-0.4, -0.2) is 52.8 Å². The number of fused-ring (bicyclic) bond motifs is 1. The van der Waals surface area contributed by atoms with Crippen LogP contribution in [0, 0.1) is 12.3 Å². The minimum absolute atomic E-state index is 0.400. The normalized spacial score (nSPS) is 16.8. The van der Waals surface area contributed by atoms with E-state index in [2.05, 4.69) is 34.1 Å². The van der Waals surface area contributed by atoms with Gasteiger partial charge in [-0.15, -0.1) is 0 Å². The Labute approximate surface area is 207 Å². The number of aryl methyl sites for hydroxylation is 2. The molecule has 0 aliphatic carbocycles. The van der Waals surface area contributed by atoms with Gasteiger partial charge in [0.25, 0.3) is 0 Å². The monoisotopic (exact) mass is 476 g/mol. The highest BCUT2D eigenvalue weighted by atomic mass is 16.5. The van der Waals surface area contributed by atoms with Crippen molar-refractivity contribution in [3.8, 4) is 5.75 Å². The minimum atomic E-state index is -0.786. The van der Waals surface area contributed by atoms with E-state index in [1.165, 1.54) is 5.56 Å². The van der Waals surface area contributed by atoms with E-state index in [1.54, 1.807) is 13.3 Å². The molecule has 6 heteroatoms. The summed E-state index contributed by atoms with van der Waals surface area (Å²) in [6.45, 7) is 4.49. The van der Waals surface area contributed by atoms with Crippen molar-refractivity contribution in [3.05, 3.63) is 71.4 Å². The van der Waals surface area contributed by atoms with Crippen molar-refractivity contribution in [1.29, 1.82) is 0 Å². The number of hydrogen-bond acceptors (Lipinski definition) is 5. The van der Waals surface area contributed by atoms with Gasteiger partial charge in [0.15, 0.2) is 0 Å². The van der Waals surface area contributed by atoms with Crippen LogP contribution in [0.5, 0.6) is 5.75 Å². The number of carbonyl (C=O) groups is 1. The maximum absolute atomic E-state index is 12.4. The molecule has 2 heterocycles. The summed E-state index contributed by atoms with van der Waals surface area (Å²) in [4.78, 5) is 19.2. The van der Waals surface area contributed by atoms with Crippen molar-refractivity contribution in [2.24, 2.45) is 5.41 Å². The van der Waals surface area contributed by atoms with Gasteiger partial charge in [0.05, 0.1) is 24.1 Å². The van der Waals surface area contributed by atoms with Crippen molar-refractivity contribution in [1.82, 2.24) is 9.88 Å². The van der Waals surface area contributed by atoms with Crippen LogP contribution in [0.25, 0.3) is 10.9 Å². The standard InChI is InChI=1S/C29H36N2O4/c1-21-20-30-25-11-10-23(35-2)19-24(25)27(21)26(32)12-13-29(28(33)34)14-17-31(18-15-29)16-6-9-22-7-4-3-5-8-22/h3-5,7-8,10-11,19-20,26,32H,6,9,12-18H2,1-2H3,(H,33,34)/t26-/m1/s1. The quantitative estimate of drug-likeness (QED) is 0.420. The maximum Gasteiger partial charge on any atom is 0.309 e. The second-order valence-corrected chi connectivity index (χ2v) is 9.81. The Morgan fingerprint density at radius 3 is 2.60 bits per heavy atom. The van der Waals surface area contributed by atoms with Crippen LogP contribution < -0.4 is 4.74 Å². The number of pyridine rings is 1. The van der Waals surface area contributed by atoms with Crippen molar-refractivity contribution in [3.63, 3.8) is 0 Å². The molecule has 186 valence electrons. The van der Waals surface area contributed by atoms with Gasteiger partial charge >= 0.3 is 5.97 Å². The van der Waals surface area contributed by atoms with E-state index in [0.717, 1.165) is 54.5 Å². The van der Waals surface area contributed by atoms with Crippen LogP contribution in [0.2, 0.25) is 0 Å². The molecule has 4 rings (SSSR count). The number of rotatable bonds is 10. The summed E-state index contributed by atoms with van der Waals surface area (Å²) < 4.78 is 5.37. The Kier molecular flexibility index (Phi) is 8.04. The van der Waals surface area contributed by atoms with Crippen LogP contribution in [0.4, 0.5) is 0 Å². The molecule has 0 amide bonds. The fourth-order valence-electron chi connectivity index (χ4n) is 5.35. The lowest BCUT2D eigenvalue weighted by Crippen LogP contribution is -2.44. The van der Waals surface area contributed by atoms with Gasteiger partial charge in [0, 0.05) is 11.6 Å². The third-order valence-corrected chi connectivity index (χ3v) is 7.60. The lowest BCUT2D eigenvalue weighted by Gasteiger charge is -2.39. The van der Waals surface area contributed by atoms with Gasteiger partial charge in [-0.2, -0.15) is 0 Å². The first-order valence-electron chi connectivity index (χ1n) is 12.5. The molecule has 0 radical (unpaired) electrons. The molecule has 2 N–H and O–H groups in total. The fourth-order valence-corrected chi connectivity index (χ4v) is 5.35. The zero-order chi connectivity index (χ0) is 24.8. The number of likely N-dealkylation sites (tertiary alicyclic amines) is 1. The number of aliphatic hydroxyl groups excluding tert-OH is 1. The SMILES string of the molecule is COc1ccc2ncc(C)c([C@H](O)CCC3(C(=O)O)CCN(CCCc4ccccc4)CC3)c2c1. The van der Waals surface area contributed by atoms with Crippen LogP contribution >= 0.6 is 0 Å². The molecule has 0 saturated carbocycles. The van der Waals surface area contributed by atoms with Gasteiger partial charge in [-0.3, -0.25) is 9.78 Å². The van der Waals surface area contributed by atoms with Crippen molar-refractivity contribution in [2.75, 3.05) is 26.7 Å². The van der Waals surface area contributed by atoms with E-state index >= 15 is 0 Å². The fraction of sp³-hybridized carbons (Fsp3) is 0.448. The maximum atomic E-state index is 12.4. The molecule has 35 heavy (non-hydrogen) atoms. The van der Waals surface area contributed by atoms with Crippen molar-refractivity contribution >= 4 is 16.9 Å². The highest BCUT2D eigenvalue weighted by molar-refractivity contribution is 5.85. The Morgan fingerprint density at radius 1 is 1.17 bits per heavy atom. The first-order chi connectivity index (χ1) is 16.9. The van der Waals surface area contributed by atoms with Crippen LogP contribution in [-0.2, 0) is 11.2 Å². The van der Waals surface area contributed by atoms with E-state index in [0.29, 0.717) is 31.4 Å². The Morgan fingerprint density at radius 2 is 1.91 bits per heavy atom. The number of piperidine rings is 1. The molecule has 1 saturated heterocycles. The molecule has 1 atom stereocenters. The molecule has 6 nitrogen and oxygen atoms in total. The molecule has 0 unspecified atom stereocenters. The molecule has 0 bridgehead atoms. The predicted molar refractivity (Wildman–Crippen MR) is 138 cm³/mol. The molecule has 1 aliphatic heterocycles. The minimum Gasteiger partial charge on any atom is -0.497 e. The largest absolute Gasteiger partial charge is 0.497 e. The average molecular weight is 477 g/mol. The summed E-state index contributed by atoms with van der Waals surface area (Å²) >= 11 is 0. The highest BCUT2D eigenvalue weighted by Crippen LogP contribution is 2.40. The van der Waals surface area contributed by atoms with E-state index in [4.69, 9.17) is 4.74 Å². The van der Waals surface area contributed by atoms with Crippen molar-refractivity contribution in [2.45, 2.75) is 51.6 Å². The number of carboxylic acid groups (broad SMARTS) is 1.